The zero-order valence-corrected chi connectivity index (χ0v) is 15.9. The van der Waals surface area contributed by atoms with Crippen molar-refractivity contribution in [1.82, 2.24) is 10.3 Å². The van der Waals surface area contributed by atoms with Crippen LogP contribution >= 0.6 is 0 Å². The topological polar surface area (TPSA) is 65.5 Å². The molecule has 0 unspecified atom stereocenters. The molecule has 0 amide bonds. The minimum absolute atomic E-state index is 0.284. The molecule has 27 heavy (non-hydrogen) atoms. The molecule has 2 heterocycles. The van der Waals surface area contributed by atoms with Gasteiger partial charge in [-0.05, 0) is 63.1 Å². The molecule has 2 N–H and O–H groups in total. The van der Waals surface area contributed by atoms with Gasteiger partial charge in [0.05, 0.1) is 0 Å². The van der Waals surface area contributed by atoms with Crippen molar-refractivity contribution in [2.24, 2.45) is 0 Å². The third-order valence-corrected chi connectivity index (χ3v) is 6.16. The molecule has 5 nitrogen and oxygen atoms in total. The Balaban J connectivity index is 1.33. The number of unbranched alkanes of at least 4 members (excludes halogenated alkanes) is 1. The van der Waals surface area contributed by atoms with Crippen molar-refractivity contribution < 1.29 is 9.90 Å². The third-order valence-electron chi connectivity index (χ3n) is 6.16. The first-order valence-corrected chi connectivity index (χ1v) is 10.3. The van der Waals surface area contributed by atoms with E-state index in [4.69, 9.17) is 5.11 Å². The Morgan fingerprint density at radius 3 is 2.85 bits per heavy atom. The number of hydrogen-bond donors (Lipinski definition) is 2. The predicted octanol–water partition coefficient (Wildman–Crippen LogP) is 3.75. The maximum Gasteiger partial charge on any atom is 0.303 e. The summed E-state index contributed by atoms with van der Waals surface area (Å²) >= 11 is 0. The van der Waals surface area contributed by atoms with Crippen molar-refractivity contribution in [2.75, 3.05) is 18.0 Å². The predicted molar refractivity (Wildman–Crippen MR) is 108 cm³/mol. The van der Waals surface area contributed by atoms with Gasteiger partial charge < -0.3 is 15.3 Å². The summed E-state index contributed by atoms with van der Waals surface area (Å²) in [5.74, 6) is -0.690. The van der Waals surface area contributed by atoms with Crippen molar-refractivity contribution in [2.45, 2.75) is 63.5 Å². The van der Waals surface area contributed by atoms with Gasteiger partial charge in [-0.15, -0.1) is 0 Å². The molecule has 0 atom stereocenters. The fraction of sp³-hybridized carbons (Fsp3) is 0.545. The van der Waals surface area contributed by atoms with Gasteiger partial charge in [0, 0.05) is 53.9 Å². The van der Waals surface area contributed by atoms with Crippen molar-refractivity contribution in [3.8, 4) is 0 Å². The van der Waals surface area contributed by atoms with Crippen molar-refractivity contribution in [1.29, 1.82) is 0 Å². The monoisotopic (exact) mass is 367 g/mol. The molecule has 0 radical (unpaired) electrons. The Kier molecular flexibility index (Phi) is 5.58. The molecular weight excluding hydrogens is 338 g/mol. The molecule has 144 valence electrons. The molecule has 1 fully saturated rings. The van der Waals surface area contributed by atoms with E-state index in [2.05, 4.69) is 33.4 Å². The highest BCUT2D eigenvalue weighted by Crippen LogP contribution is 2.37. The van der Waals surface area contributed by atoms with Crippen LogP contribution in [-0.4, -0.2) is 41.2 Å². The van der Waals surface area contributed by atoms with E-state index >= 15 is 0 Å². The number of hydrogen-bond acceptors (Lipinski definition) is 4. The van der Waals surface area contributed by atoms with Gasteiger partial charge >= 0.3 is 5.97 Å². The molecule has 1 aliphatic carbocycles. The minimum Gasteiger partial charge on any atom is -0.481 e. The molecule has 1 saturated carbocycles. The number of benzene rings is 1. The van der Waals surface area contributed by atoms with Gasteiger partial charge in [0.25, 0.3) is 0 Å². The molecule has 5 heteroatoms. The number of nitrogens with zero attached hydrogens (tertiary/aromatic N) is 2. The van der Waals surface area contributed by atoms with Gasteiger partial charge in [0.1, 0.15) is 0 Å². The number of carboxylic acids is 1. The second-order valence-electron chi connectivity index (χ2n) is 7.93. The number of nitrogens with one attached hydrogen (secondary N) is 1. The van der Waals surface area contributed by atoms with Crippen LogP contribution < -0.4 is 10.2 Å². The SMILES string of the molecule is O=C(O)CCCCNC1CCC(N2CCc3cncc4cccc2c34)CC1. The van der Waals surface area contributed by atoms with Crippen LogP contribution in [0, 0.1) is 0 Å². The quantitative estimate of drug-likeness (QED) is 0.730. The lowest BCUT2D eigenvalue weighted by atomic mass is 9.88. The fourth-order valence-corrected chi connectivity index (χ4v) is 4.76. The van der Waals surface area contributed by atoms with E-state index in [1.165, 1.54) is 47.7 Å². The average molecular weight is 367 g/mol. The van der Waals surface area contributed by atoms with Gasteiger partial charge in [-0.25, -0.2) is 0 Å². The van der Waals surface area contributed by atoms with Crippen LogP contribution in [-0.2, 0) is 11.2 Å². The molecule has 0 saturated heterocycles. The third kappa shape index (κ3) is 4.08. The first-order chi connectivity index (χ1) is 13.2. The van der Waals surface area contributed by atoms with Gasteiger partial charge in [-0.3, -0.25) is 9.78 Å². The number of pyridine rings is 1. The second-order valence-corrected chi connectivity index (χ2v) is 7.93. The highest BCUT2D eigenvalue weighted by molar-refractivity contribution is 5.97. The van der Waals surface area contributed by atoms with Crippen LogP contribution in [0.15, 0.2) is 30.6 Å². The molecule has 2 aliphatic rings. The summed E-state index contributed by atoms with van der Waals surface area (Å²) in [5, 5.41) is 15.0. The van der Waals surface area contributed by atoms with Gasteiger partial charge in [-0.1, -0.05) is 12.1 Å². The molecule has 0 bridgehead atoms. The van der Waals surface area contributed by atoms with E-state index in [1.54, 1.807) is 0 Å². The van der Waals surface area contributed by atoms with Crippen molar-refractivity contribution in [3.05, 3.63) is 36.2 Å². The summed E-state index contributed by atoms with van der Waals surface area (Å²) in [6, 6.07) is 7.82. The molecular formula is C22H29N3O2. The highest BCUT2D eigenvalue weighted by atomic mass is 16.4. The highest BCUT2D eigenvalue weighted by Gasteiger charge is 2.29. The van der Waals surface area contributed by atoms with Crippen LogP contribution in [0.1, 0.15) is 50.5 Å². The van der Waals surface area contributed by atoms with Crippen molar-refractivity contribution >= 4 is 22.4 Å². The first-order valence-electron chi connectivity index (χ1n) is 10.3. The van der Waals surface area contributed by atoms with Crippen LogP contribution in [0.5, 0.6) is 0 Å². The molecule has 1 aromatic carbocycles. The van der Waals surface area contributed by atoms with Gasteiger partial charge in [-0.2, -0.15) is 0 Å². The summed E-state index contributed by atoms with van der Waals surface area (Å²) in [7, 11) is 0. The smallest absolute Gasteiger partial charge is 0.303 e. The zero-order chi connectivity index (χ0) is 18.6. The molecule has 4 rings (SSSR count). The fourth-order valence-electron chi connectivity index (χ4n) is 4.76. The minimum atomic E-state index is -0.690. The standard InChI is InChI=1S/C22H29N3O2/c26-21(27)6-1-2-12-24-18-7-9-19(10-8-18)25-13-11-17-15-23-14-16-4-3-5-20(25)22(16)17/h3-5,14-15,18-19,24H,1-2,6-13H2,(H,26,27). The molecule has 1 aliphatic heterocycles. The Hall–Kier alpha value is -2.14. The summed E-state index contributed by atoms with van der Waals surface area (Å²) < 4.78 is 0. The second kappa shape index (κ2) is 8.26. The summed E-state index contributed by atoms with van der Waals surface area (Å²) in [4.78, 5) is 17.6. The lowest BCUT2D eigenvalue weighted by Gasteiger charge is -2.41. The van der Waals surface area contributed by atoms with Gasteiger partial charge in [0.2, 0.25) is 0 Å². The van der Waals surface area contributed by atoms with E-state index in [1.807, 2.05) is 12.4 Å². The van der Waals surface area contributed by atoms with E-state index < -0.39 is 5.97 Å². The van der Waals surface area contributed by atoms with Crippen LogP contribution in [0.2, 0.25) is 0 Å². The van der Waals surface area contributed by atoms with Crippen molar-refractivity contribution in [3.63, 3.8) is 0 Å². The molecule has 0 spiro atoms. The van der Waals surface area contributed by atoms with E-state index in [0.717, 1.165) is 32.4 Å². The normalized spacial score (nSPS) is 22.1. The lowest BCUT2D eigenvalue weighted by molar-refractivity contribution is -0.137. The summed E-state index contributed by atoms with van der Waals surface area (Å²) in [6.07, 6.45) is 12.0. The van der Waals surface area contributed by atoms with E-state index in [9.17, 15) is 4.79 Å². The van der Waals surface area contributed by atoms with Crippen LogP contribution in [0.3, 0.4) is 0 Å². The molecule has 1 aromatic heterocycles. The molecule has 2 aromatic rings. The maximum atomic E-state index is 10.6. The number of carbonyl (C=O) groups is 1. The van der Waals surface area contributed by atoms with E-state index in [0.29, 0.717) is 12.1 Å². The van der Waals surface area contributed by atoms with Gasteiger partial charge in [0.15, 0.2) is 0 Å². The Bertz CT molecular complexity index is 794. The van der Waals surface area contributed by atoms with Crippen LogP contribution in [0.4, 0.5) is 5.69 Å². The lowest BCUT2D eigenvalue weighted by Crippen LogP contribution is -2.44. The number of carboxylic acid groups (broad SMARTS) is 1. The summed E-state index contributed by atoms with van der Waals surface area (Å²) in [5.41, 5.74) is 2.78. The van der Waals surface area contributed by atoms with E-state index in [-0.39, 0.29) is 6.42 Å². The number of rotatable bonds is 7. The Morgan fingerprint density at radius 2 is 2.04 bits per heavy atom. The maximum absolute atomic E-state index is 10.6. The zero-order valence-electron chi connectivity index (χ0n) is 15.9. The number of anilines is 1. The largest absolute Gasteiger partial charge is 0.481 e. The number of aliphatic carboxylic acids is 1. The average Bonchev–Trinajstić information content (AvgIpc) is 2.69. The number of aromatic nitrogens is 1. The first kappa shape index (κ1) is 18.2. The van der Waals surface area contributed by atoms with Crippen LogP contribution in [0.25, 0.3) is 10.8 Å². The Labute approximate surface area is 160 Å². The summed E-state index contributed by atoms with van der Waals surface area (Å²) in [6.45, 7) is 2.03. The Morgan fingerprint density at radius 1 is 1.19 bits per heavy atom.